The third-order valence-electron chi connectivity index (χ3n) is 6.01. The number of fused-ring (bicyclic) bond motifs is 1. The number of carbonyl (C=O) groups excluding carboxylic acids is 1. The number of hydrogen-bond acceptors (Lipinski definition) is 4. The summed E-state index contributed by atoms with van der Waals surface area (Å²) >= 11 is 0. The highest BCUT2D eigenvalue weighted by Gasteiger charge is 2.42. The number of hydrogen-bond donors (Lipinski definition) is 1. The first-order valence-corrected chi connectivity index (χ1v) is 10.5. The number of rotatable bonds is 3. The van der Waals surface area contributed by atoms with Crippen LogP contribution in [-0.2, 0) is 11.3 Å². The summed E-state index contributed by atoms with van der Waals surface area (Å²) in [5, 5.41) is 3.63. The summed E-state index contributed by atoms with van der Waals surface area (Å²) in [4.78, 5) is 15.8. The molecule has 30 heavy (non-hydrogen) atoms. The summed E-state index contributed by atoms with van der Waals surface area (Å²) in [7, 11) is 0. The van der Waals surface area contributed by atoms with E-state index in [-0.39, 0.29) is 17.2 Å². The topological polar surface area (TPSA) is 45.5 Å². The molecule has 0 saturated heterocycles. The van der Waals surface area contributed by atoms with Gasteiger partial charge >= 0.3 is 0 Å². The summed E-state index contributed by atoms with van der Waals surface area (Å²) in [5.41, 5.74) is 5.07. The zero-order valence-corrected chi connectivity index (χ0v) is 17.4. The van der Waals surface area contributed by atoms with Gasteiger partial charge in [-0.3, -0.25) is 4.79 Å². The molecular weight excluding hydrogens is 372 g/mol. The van der Waals surface area contributed by atoms with Crippen molar-refractivity contribution in [1.82, 2.24) is 0 Å². The van der Waals surface area contributed by atoms with Gasteiger partial charge in [-0.1, -0.05) is 56.3 Å². The maximum atomic E-state index is 13.5. The average Bonchev–Trinajstić information content (AvgIpc) is 3.20. The van der Waals surface area contributed by atoms with Crippen molar-refractivity contribution in [2.45, 2.75) is 39.3 Å². The van der Waals surface area contributed by atoms with Gasteiger partial charge in [-0.2, -0.15) is 0 Å². The lowest BCUT2D eigenvalue weighted by atomic mass is 9.74. The van der Waals surface area contributed by atoms with Crippen LogP contribution in [0.2, 0.25) is 0 Å². The van der Waals surface area contributed by atoms with Gasteiger partial charge in [0, 0.05) is 24.2 Å². The first-order valence-electron chi connectivity index (χ1n) is 10.5. The second-order valence-corrected chi connectivity index (χ2v) is 9.01. The van der Waals surface area contributed by atoms with Crippen molar-refractivity contribution in [3.63, 3.8) is 0 Å². The maximum absolute atomic E-state index is 13.5. The normalized spacial score (nSPS) is 20.3. The molecule has 152 valence electrons. The maximum Gasteiger partial charge on any atom is 0.163 e. The van der Waals surface area contributed by atoms with E-state index < -0.39 is 0 Å². The molecule has 0 unspecified atom stereocenters. The molecule has 1 atom stereocenters. The van der Waals surface area contributed by atoms with Crippen molar-refractivity contribution in [3.8, 4) is 0 Å². The number of Topliss-reactive ketones (excluding diaryl/α,β-unsaturated/α-hetero) is 1. The third kappa shape index (κ3) is 3.32. The van der Waals surface area contributed by atoms with Crippen molar-refractivity contribution in [3.05, 3.63) is 95.6 Å². The van der Waals surface area contributed by atoms with Crippen molar-refractivity contribution in [1.29, 1.82) is 0 Å². The van der Waals surface area contributed by atoms with Crippen LogP contribution in [0.3, 0.4) is 0 Å². The molecule has 0 saturated carbocycles. The molecule has 2 aliphatic rings. The van der Waals surface area contributed by atoms with Gasteiger partial charge < -0.3 is 14.6 Å². The van der Waals surface area contributed by atoms with Gasteiger partial charge in [0.15, 0.2) is 5.78 Å². The average molecular weight is 399 g/mol. The molecule has 0 amide bonds. The largest absolute Gasteiger partial charge is 0.467 e. The molecule has 1 N–H and O–H groups in total. The predicted molar refractivity (Wildman–Crippen MR) is 119 cm³/mol. The molecule has 1 aliphatic carbocycles. The van der Waals surface area contributed by atoms with Crippen LogP contribution in [0, 0.1) is 5.41 Å². The second-order valence-electron chi connectivity index (χ2n) is 9.01. The molecule has 0 spiro atoms. The Morgan fingerprint density at radius 2 is 1.77 bits per heavy atom. The smallest absolute Gasteiger partial charge is 0.163 e. The molecule has 3 aromatic rings. The van der Waals surface area contributed by atoms with Crippen molar-refractivity contribution in [2.24, 2.45) is 5.41 Å². The fourth-order valence-corrected chi connectivity index (χ4v) is 4.75. The molecule has 5 rings (SSSR count). The fourth-order valence-electron chi connectivity index (χ4n) is 4.75. The Hall–Kier alpha value is -3.27. The van der Waals surface area contributed by atoms with E-state index in [1.54, 1.807) is 6.26 Å². The molecule has 4 nitrogen and oxygen atoms in total. The number of ketones is 1. The molecule has 0 fully saturated rings. The number of furan rings is 1. The Morgan fingerprint density at radius 1 is 1.00 bits per heavy atom. The highest BCUT2D eigenvalue weighted by Crippen LogP contribution is 2.48. The number of benzene rings is 2. The Kier molecular flexibility index (Phi) is 4.50. The zero-order valence-electron chi connectivity index (χ0n) is 17.4. The number of allylic oxidation sites excluding steroid dienone is 1. The van der Waals surface area contributed by atoms with Gasteiger partial charge in [0.2, 0.25) is 0 Å². The van der Waals surface area contributed by atoms with Crippen LogP contribution in [0.5, 0.6) is 0 Å². The van der Waals surface area contributed by atoms with Crippen LogP contribution in [0.25, 0.3) is 0 Å². The Balaban J connectivity index is 1.72. The van der Waals surface area contributed by atoms with E-state index >= 15 is 0 Å². The minimum Gasteiger partial charge on any atom is -0.467 e. The minimum absolute atomic E-state index is 0.0693. The van der Waals surface area contributed by atoms with Gasteiger partial charge in [0.1, 0.15) is 11.8 Å². The SMILES string of the molecule is CC1(C)CC(=O)C2=C(C1)Nc1ccccc1N(Cc1ccccc1)[C@@H]2c1ccco1. The highest BCUT2D eigenvalue weighted by atomic mass is 16.3. The van der Waals surface area contributed by atoms with Crippen LogP contribution in [0.4, 0.5) is 11.4 Å². The quantitative estimate of drug-likeness (QED) is 0.579. The molecule has 0 bridgehead atoms. The number of para-hydroxylation sites is 2. The summed E-state index contributed by atoms with van der Waals surface area (Å²) in [6.45, 7) is 5.01. The standard InChI is InChI=1S/C26H26N2O2/c1-26(2)15-20-24(22(29)16-26)25(23-13-8-14-30-23)28(17-18-9-4-3-5-10-18)21-12-7-6-11-19(21)27-20/h3-14,25,27H,15-17H2,1-2H3/t25-/m1/s1. The molecule has 4 heteroatoms. The molecule has 1 aromatic heterocycles. The first kappa shape index (κ1) is 18.7. The predicted octanol–water partition coefficient (Wildman–Crippen LogP) is 6.10. The van der Waals surface area contributed by atoms with E-state index in [0.717, 1.165) is 34.8 Å². The van der Waals surface area contributed by atoms with E-state index in [0.29, 0.717) is 13.0 Å². The Morgan fingerprint density at radius 3 is 2.53 bits per heavy atom. The minimum atomic E-state index is -0.269. The number of nitrogens with one attached hydrogen (secondary N) is 1. The van der Waals surface area contributed by atoms with Crippen molar-refractivity contribution >= 4 is 17.2 Å². The lowest BCUT2D eigenvalue weighted by Crippen LogP contribution is -2.35. The Bertz CT molecular complexity index is 1100. The molecule has 0 radical (unpaired) electrons. The van der Waals surface area contributed by atoms with E-state index in [9.17, 15) is 4.79 Å². The van der Waals surface area contributed by atoms with Gasteiger partial charge in [-0.05, 0) is 41.7 Å². The van der Waals surface area contributed by atoms with Crippen LogP contribution in [-0.4, -0.2) is 5.78 Å². The van der Waals surface area contributed by atoms with Crippen LogP contribution in [0.15, 0.2) is 88.7 Å². The van der Waals surface area contributed by atoms with E-state index in [4.69, 9.17) is 4.42 Å². The van der Waals surface area contributed by atoms with E-state index in [1.807, 2.05) is 30.3 Å². The van der Waals surface area contributed by atoms with Crippen LogP contribution in [0.1, 0.15) is 44.1 Å². The van der Waals surface area contributed by atoms with E-state index in [2.05, 4.69) is 60.5 Å². The van der Waals surface area contributed by atoms with Gasteiger partial charge in [-0.15, -0.1) is 0 Å². The van der Waals surface area contributed by atoms with Crippen molar-refractivity contribution < 1.29 is 9.21 Å². The molecule has 1 aliphatic heterocycles. The third-order valence-corrected chi connectivity index (χ3v) is 6.01. The number of anilines is 2. The lowest BCUT2D eigenvalue weighted by molar-refractivity contribution is -0.118. The molecule has 2 heterocycles. The number of carbonyl (C=O) groups is 1. The lowest BCUT2D eigenvalue weighted by Gasteiger charge is -2.37. The summed E-state index contributed by atoms with van der Waals surface area (Å²) in [6.07, 6.45) is 3.07. The summed E-state index contributed by atoms with van der Waals surface area (Å²) < 4.78 is 5.90. The van der Waals surface area contributed by atoms with E-state index in [1.165, 1.54) is 5.56 Å². The van der Waals surface area contributed by atoms with Gasteiger partial charge in [-0.25, -0.2) is 0 Å². The van der Waals surface area contributed by atoms with Gasteiger partial charge in [0.05, 0.1) is 17.6 Å². The fraction of sp³-hybridized carbons (Fsp3) is 0.269. The zero-order chi connectivity index (χ0) is 20.7. The Labute approximate surface area is 177 Å². The monoisotopic (exact) mass is 398 g/mol. The number of nitrogens with zero attached hydrogens (tertiary/aromatic N) is 1. The van der Waals surface area contributed by atoms with Gasteiger partial charge in [0.25, 0.3) is 0 Å². The molecule has 2 aromatic carbocycles. The van der Waals surface area contributed by atoms with Crippen LogP contribution >= 0.6 is 0 Å². The second kappa shape index (κ2) is 7.21. The summed E-state index contributed by atoms with van der Waals surface area (Å²) in [6, 6.07) is 22.3. The highest BCUT2D eigenvalue weighted by molar-refractivity contribution is 6.01. The first-order chi connectivity index (χ1) is 14.5. The summed E-state index contributed by atoms with van der Waals surface area (Å²) in [5.74, 6) is 0.992. The van der Waals surface area contributed by atoms with Crippen molar-refractivity contribution in [2.75, 3.05) is 10.2 Å². The molecular formula is C26H26N2O2. The van der Waals surface area contributed by atoms with Crippen LogP contribution < -0.4 is 10.2 Å².